The van der Waals surface area contributed by atoms with Crippen LogP contribution >= 0.6 is 0 Å². The van der Waals surface area contributed by atoms with E-state index < -0.39 is 26.7 Å². The molecule has 8 nitrogen and oxygen atoms in total. The lowest BCUT2D eigenvalue weighted by atomic mass is 10.2. The van der Waals surface area contributed by atoms with E-state index in [1.165, 1.54) is 10.7 Å². The van der Waals surface area contributed by atoms with Gasteiger partial charge in [0.1, 0.15) is 11.6 Å². The molecule has 0 spiro atoms. The summed E-state index contributed by atoms with van der Waals surface area (Å²) >= 11 is 0. The molecule has 1 aromatic carbocycles. The van der Waals surface area contributed by atoms with Crippen molar-refractivity contribution in [1.82, 2.24) is 24.5 Å². The van der Waals surface area contributed by atoms with Gasteiger partial charge in [-0.1, -0.05) is 12.1 Å². The van der Waals surface area contributed by atoms with Gasteiger partial charge in [0.2, 0.25) is 10.0 Å². The van der Waals surface area contributed by atoms with E-state index in [-0.39, 0.29) is 13.1 Å². The van der Waals surface area contributed by atoms with E-state index in [0.717, 1.165) is 18.2 Å². The maximum atomic E-state index is 13.1. The number of hydrogen-bond acceptors (Lipinski definition) is 6. The smallest absolute Gasteiger partial charge is 0.369 e. The summed E-state index contributed by atoms with van der Waals surface area (Å²) in [5, 5.41) is 6.99. The minimum absolute atomic E-state index is 0.0996. The zero-order valence-corrected chi connectivity index (χ0v) is 16.0. The molecule has 154 valence electrons. The van der Waals surface area contributed by atoms with Gasteiger partial charge in [0.15, 0.2) is 5.82 Å². The van der Waals surface area contributed by atoms with Gasteiger partial charge in [-0.25, -0.2) is 27.8 Å². The second kappa shape index (κ2) is 8.17. The van der Waals surface area contributed by atoms with E-state index in [1.807, 2.05) is 0 Å². The van der Waals surface area contributed by atoms with Crippen LogP contribution in [0.3, 0.4) is 0 Å². The summed E-state index contributed by atoms with van der Waals surface area (Å²) in [7, 11) is -4.34. The van der Waals surface area contributed by atoms with Crippen LogP contribution in [0.25, 0.3) is 5.82 Å². The zero-order chi connectivity index (χ0) is 21.1. The van der Waals surface area contributed by atoms with E-state index >= 15 is 0 Å². The number of aryl methyl sites for hydroxylation is 1. The Bertz CT molecular complexity index is 1080. The lowest BCUT2D eigenvalue weighted by Crippen LogP contribution is -2.30. The van der Waals surface area contributed by atoms with Crippen LogP contribution in [0.5, 0.6) is 0 Å². The third-order valence-corrected chi connectivity index (χ3v) is 5.29. The van der Waals surface area contributed by atoms with Crippen molar-refractivity contribution in [2.45, 2.75) is 18.0 Å². The Morgan fingerprint density at radius 1 is 1.10 bits per heavy atom. The molecule has 0 amide bonds. The van der Waals surface area contributed by atoms with E-state index in [9.17, 15) is 21.6 Å². The molecule has 0 fully saturated rings. The average Bonchev–Trinajstić information content (AvgIpc) is 3.19. The number of rotatable bonds is 7. The number of anilines is 1. The highest BCUT2D eigenvalue weighted by Gasteiger charge is 2.36. The number of nitrogens with one attached hydrogen (secondary N) is 2. The summed E-state index contributed by atoms with van der Waals surface area (Å²) in [5.74, 6) is 1.42. The standard InChI is InChI=1S/C17H17F3N6O2S/c1-12-24-15(11-16(25-12)26-10-4-7-22-26)21-8-9-23-29(27,28)14-6-3-2-5-13(14)17(18,19)20/h2-7,10-11,23H,8-9H2,1H3,(H,21,24,25). The van der Waals surface area contributed by atoms with Crippen molar-refractivity contribution in [3.05, 3.63) is 60.2 Å². The molecule has 3 aromatic rings. The molecule has 0 saturated carbocycles. The van der Waals surface area contributed by atoms with Gasteiger partial charge in [-0.15, -0.1) is 0 Å². The maximum absolute atomic E-state index is 13.1. The quantitative estimate of drug-likeness (QED) is 0.563. The number of aromatic nitrogens is 4. The van der Waals surface area contributed by atoms with Crippen LogP contribution in [0.1, 0.15) is 11.4 Å². The summed E-state index contributed by atoms with van der Waals surface area (Å²) < 4.78 is 67.5. The van der Waals surface area contributed by atoms with Crippen molar-refractivity contribution in [3.8, 4) is 5.82 Å². The Hall–Kier alpha value is -2.99. The van der Waals surface area contributed by atoms with Crippen molar-refractivity contribution < 1.29 is 21.6 Å². The van der Waals surface area contributed by atoms with Crippen LogP contribution in [-0.2, 0) is 16.2 Å². The third kappa shape index (κ3) is 5.09. The maximum Gasteiger partial charge on any atom is 0.417 e. The number of halogens is 3. The van der Waals surface area contributed by atoms with Crippen molar-refractivity contribution in [1.29, 1.82) is 0 Å². The zero-order valence-electron chi connectivity index (χ0n) is 15.2. The first-order valence-electron chi connectivity index (χ1n) is 8.42. The normalized spacial score (nSPS) is 12.1. The van der Waals surface area contributed by atoms with Gasteiger partial charge in [-0.2, -0.15) is 18.3 Å². The molecule has 29 heavy (non-hydrogen) atoms. The number of benzene rings is 1. The second-order valence-corrected chi connectivity index (χ2v) is 7.66. The van der Waals surface area contributed by atoms with Crippen LogP contribution in [0.2, 0.25) is 0 Å². The van der Waals surface area contributed by atoms with Gasteiger partial charge in [0, 0.05) is 31.5 Å². The van der Waals surface area contributed by atoms with Crippen LogP contribution < -0.4 is 10.0 Å². The Morgan fingerprint density at radius 3 is 2.55 bits per heavy atom. The SMILES string of the molecule is Cc1nc(NCCNS(=O)(=O)c2ccccc2C(F)(F)F)cc(-n2cccn2)n1. The molecule has 0 unspecified atom stereocenters. The van der Waals surface area contributed by atoms with Gasteiger partial charge in [-0.3, -0.25) is 0 Å². The number of nitrogens with zero attached hydrogens (tertiary/aromatic N) is 4. The van der Waals surface area contributed by atoms with E-state index in [0.29, 0.717) is 17.5 Å². The molecule has 2 N–H and O–H groups in total. The van der Waals surface area contributed by atoms with Crippen LogP contribution in [0.15, 0.2) is 53.7 Å². The first-order valence-corrected chi connectivity index (χ1v) is 9.90. The van der Waals surface area contributed by atoms with Gasteiger partial charge in [-0.05, 0) is 25.1 Å². The summed E-state index contributed by atoms with van der Waals surface area (Å²) in [6.07, 6.45) is -1.47. The third-order valence-electron chi connectivity index (χ3n) is 3.77. The fourth-order valence-corrected chi connectivity index (χ4v) is 3.81. The first-order chi connectivity index (χ1) is 13.7. The summed E-state index contributed by atoms with van der Waals surface area (Å²) in [4.78, 5) is 7.63. The predicted molar refractivity (Wildman–Crippen MR) is 99.0 cm³/mol. The van der Waals surface area contributed by atoms with Gasteiger partial charge < -0.3 is 5.32 Å². The predicted octanol–water partition coefficient (Wildman–Crippen LogP) is 2.38. The fourth-order valence-electron chi connectivity index (χ4n) is 2.55. The Morgan fingerprint density at radius 2 is 1.86 bits per heavy atom. The minimum Gasteiger partial charge on any atom is -0.369 e. The van der Waals surface area contributed by atoms with Crippen LogP contribution in [-0.4, -0.2) is 41.3 Å². The molecule has 0 aliphatic heterocycles. The topological polar surface area (TPSA) is 102 Å². The lowest BCUT2D eigenvalue weighted by Gasteiger charge is -2.14. The van der Waals surface area contributed by atoms with E-state index in [1.54, 1.807) is 31.5 Å². The molecule has 3 rings (SSSR count). The molecule has 2 heterocycles. The van der Waals surface area contributed by atoms with Gasteiger partial charge in [0.05, 0.1) is 10.5 Å². The Kier molecular flexibility index (Phi) is 5.84. The van der Waals surface area contributed by atoms with Gasteiger partial charge in [0.25, 0.3) is 0 Å². The van der Waals surface area contributed by atoms with Crippen molar-refractivity contribution in [2.75, 3.05) is 18.4 Å². The van der Waals surface area contributed by atoms with Crippen LogP contribution in [0, 0.1) is 6.92 Å². The average molecular weight is 426 g/mol. The van der Waals surface area contributed by atoms with Crippen LogP contribution in [0.4, 0.5) is 19.0 Å². The molecule has 0 radical (unpaired) electrons. The highest BCUT2D eigenvalue weighted by molar-refractivity contribution is 7.89. The summed E-state index contributed by atoms with van der Waals surface area (Å²) in [6.45, 7) is 1.64. The molecule has 12 heteroatoms. The van der Waals surface area contributed by atoms with E-state index in [4.69, 9.17) is 0 Å². The second-order valence-electron chi connectivity index (χ2n) is 5.93. The highest BCUT2D eigenvalue weighted by Crippen LogP contribution is 2.33. The molecule has 0 atom stereocenters. The molecular weight excluding hydrogens is 409 g/mol. The number of hydrogen-bond donors (Lipinski definition) is 2. The molecule has 0 aliphatic carbocycles. The largest absolute Gasteiger partial charge is 0.417 e. The van der Waals surface area contributed by atoms with Gasteiger partial charge >= 0.3 is 6.18 Å². The lowest BCUT2D eigenvalue weighted by molar-refractivity contribution is -0.139. The Balaban J connectivity index is 1.65. The van der Waals surface area contributed by atoms with E-state index in [2.05, 4.69) is 25.1 Å². The molecule has 0 saturated heterocycles. The van der Waals surface area contributed by atoms with Crippen molar-refractivity contribution in [3.63, 3.8) is 0 Å². The molecule has 0 bridgehead atoms. The highest BCUT2D eigenvalue weighted by atomic mass is 32.2. The Labute approximate surface area is 164 Å². The molecule has 2 aromatic heterocycles. The molecular formula is C17H17F3N6O2S. The minimum atomic E-state index is -4.77. The first kappa shape index (κ1) is 20.7. The fraction of sp³-hybridized carbons (Fsp3) is 0.235. The van der Waals surface area contributed by atoms with Crippen molar-refractivity contribution in [2.24, 2.45) is 0 Å². The number of alkyl halides is 3. The van der Waals surface area contributed by atoms with Crippen molar-refractivity contribution >= 4 is 15.8 Å². The summed E-state index contributed by atoms with van der Waals surface area (Å²) in [5.41, 5.74) is -1.21. The molecule has 0 aliphatic rings. The number of sulfonamides is 1. The summed E-state index contributed by atoms with van der Waals surface area (Å²) in [6, 6.07) is 7.38. The monoisotopic (exact) mass is 426 g/mol.